The quantitative estimate of drug-likeness (QED) is 0.236. The standard InChI is InChI=1S/C36H24N4/c1-3-10-25(11-4-1)26-17-19-27(20-18-26)36-38-35-33(40(36)29-14-9-23-37-24-29)22-21-32-34(35)30-15-7-8-16-31(30)39(32)28-12-5-2-6-13-28/h1-24H. The van der Waals surface area contributed by atoms with Gasteiger partial charge >= 0.3 is 0 Å². The van der Waals surface area contributed by atoms with Crippen molar-refractivity contribution < 1.29 is 0 Å². The molecule has 0 aliphatic carbocycles. The first-order valence-corrected chi connectivity index (χ1v) is 13.4. The lowest BCUT2D eigenvalue weighted by Gasteiger charge is -2.10. The number of aromatic nitrogens is 4. The molecule has 3 heterocycles. The van der Waals surface area contributed by atoms with Crippen LogP contribution < -0.4 is 0 Å². The SMILES string of the molecule is c1ccc(-c2ccc(-c3nc4c5c6ccccc6n(-c6ccccc6)c5ccc4n3-c3cccnc3)cc2)cc1. The van der Waals surface area contributed by atoms with E-state index >= 15 is 0 Å². The molecule has 4 nitrogen and oxygen atoms in total. The van der Waals surface area contributed by atoms with Gasteiger partial charge in [0, 0.05) is 28.2 Å². The number of pyridine rings is 1. The van der Waals surface area contributed by atoms with Crippen LogP contribution in [0.15, 0.2) is 146 Å². The van der Waals surface area contributed by atoms with E-state index in [9.17, 15) is 0 Å². The van der Waals surface area contributed by atoms with Crippen molar-refractivity contribution in [1.82, 2.24) is 19.1 Å². The maximum absolute atomic E-state index is 5.37. The highest BCUT2D eigenvalue weighted by Gasteiger charge is 2.21. The molecule has 0 amide bonds. The molecule has 3 aromatic heterocycles. The molecule has 0 aliphatic heterocycles. The maximum Gasteiger partial charge on any atom is 0.145 e. The summed E-state index contributed by atoms with van der Waals surface area (Å²) in [5.41, 5.74) is 9.90. The van der Waals surface area contributed by atoms with Gasteiger partial charge in [0.05, 0.1) is 34.0 Å². The highest BCUT2D eigenvalue weighted by atomic mass is 15.1. The van der Waals surface area contributed by atoms with Gasteiger partial charge in [-0.1, -0.05) is 91.0 Å². The number of benzene rings is 5. The number of rotatable bonds is 4. The molecular weight excluding hydrogens is 488 g/mol. The summed E-state index contributed by atoms with van der Waals surface area (Å²) in [5.74, 6) is 0.895. The van der Waals surface area contributed by atoms with Gasteiger partial charge in [-0.2, -0.15) is 0 Å². The molecule has 0 saturated heterocycles. The first-order valence-electron chi connectivity index (χ1n) is 13.4. The van der Waals surface area contributed by atoms with Gasteiger partial charge in [0.25, 0.3) is 0 Å². The van der Waals surface area contributed by atoms with Crippen LogP contribution in [0.1, 0.15) is 0 Å². The first kappa shape index (κ1) is 22.5. The fourth-order valence-corrected chi connectivity index (χ4v) is 5.83. The number of hydrogen-bond acceptors (Lipinski definition) is 2. The van der Waals surface area contributed by atoms with E-state index in [1.165, 1.54) is 22.0 Å². The summed E-state index contributed by atoms with van der Waals surface area (Å²) in [6.45, 7) is 0. The van der Waals surface area contributed by atoms with Gasteiger partial charge in [-0.15, -0.1) is 0 Å². The van der Waals surface area contributed by atoms with E-state index in [4.69, 9.17) is 4.98 Å². The zero-order valence-corrected chi connectivity index (χ0v) is 21.6. The smallest absolute Gasteiger partial charge is 0.145 e. The molecule has 0 bridgehead atoms. The van der Waals surface area contributed by atoms with Crippen LogP contribution in [0, 0.1) is 0 Å². The van der Waals surface area contributed by atoms with Crippen molar-refractivity contribution >= 4 is 32.8 Å². The molecule has 0 atom stereocenters. The molecule has 40 heavy (non-hydrogen) atoms. The van der Waals surface area contributed by atoms with Gasteiger partial charge in [0.1, 0.15) is 5.82 Å². The Hall–Kier alpha value is -5.48. The van der Waals surface area contributed by atoms with Gasteiger partial charge in [0.2, 0.25) is 0 Å². The van der Waals surface area contributed by atoms with Gasteiger partial charge in [-0.05, 0) is 53.6 Å². The third-order valence-electron chi connectivity index (χ3n) is 7.63. The molecule has 0 N–H and O–H groups in total. The number of imidazole rings is 1. The lowest BCUT2D eigenvalue weighted by molar-refractivity contribution is 1.08. The number of nitrogens with zero attached hydrogens (tertiary/aromatic N) is 4. The average molecular weight is 513 g/mol. The molecule has 0 aliphatic rings. The zero-order valence-electron chi connectivity index (χ0n) is 21.6. The summed E-state index contributed by atoms with van der Waals surface area (Å²) in [5, 5.41) is 2.34. The topological polar surface area (TPSA) is 35.6 Å². The van der Waals surface area contributed by atoms with E-state index in [2.05, 4.69) is 135 Å². The Morgan fingerprint density at radius 3 is 1.88 bits per heavy atom. The lowest BCUT2D eigenvalue weighted by atomic mass is 10.0. The second-order valence-corrected chi connectivity index (χ2v) is 9.94. The average Bonchev–Trinajstić information content (AvgIpc) is 3.59. The van der Waals surface area contributed by atoms with Gasteiger partial charge in [-0.3, -0.25) is 9.55 Å². The Labute approximate surface area is 231 Å². The fraction of sp³-hybridized carbons (Fsp3) is 0. The van der Waals surface area contributed by atoms with E-state index in [-0.39, 0.29) is 0 Å². The van der Waals surface area contributed by atoms with Crippen LogP contribution >= 0.6 is 0 Å². The summed E-state index contributed by atoms with van der Waals surface area (Å²) in [6, 6.07) is 46.8. The van der Waals surface area contributed by atoms with Crippen LogP contribution in [0.4, 0.5) is 0 Å². The van der Waals surface area contributed by atoms with Crippen LogP contribution in [0.5, 0.6) is 0 Å². The Morgan fingerprint density at radius 2 is 1.10 bits per heavy atom. The molecular formula is C36H24N4. The Morgan fingerprint density at radius 1 is 0.450 bits per heavy atom. The van der Waals surface area contributed by atoms with Gasteiger partial charge in [0.15, 0.2) is 0 Å². The third kappa shape index (κ3) is 3.47. The Kier molecular flexibility index (Phi) is 5.10. The predicted molar refractivity (Wildman–Crippen MR) is 164 cm³/mol. The molecule has 188 valence electrons. The van der Waals surface area contributed by atoms with Crippen LogP contribution in [0.3, 0.4) is 0 Å². The van der Waals surface area contributed by atoms with E-state index in [1.54, 1.807) is 0 Å². The second-order valence-electron chi connectivity index (χ2n) is 9.94. The van der Waals surface area contributed by atoms with Crippen LogP contribution in [0.25, 0.3) is 66.7 Å². The van der Waals surface area contributed by atoms with Crippen molar-refractivity contribution in [1.29, 1.82) is 0 Å². The van der Waals surface area contributed by atoms with Crippen LogP contribution in [-0.2, 0) is 0 Å². The number of hydrogen-bond donors (Lipinski definition) is 0. The van der Waals surface area contributed by atoms with Crippen molar-refractivity contribution in [2.75, 3.05) is 0 Å². The molecule has 5 aromatic carbocycles. The largest absolute Gasteiger partial charge is 0.309 e. The molecule has 8 aromatic rings. The predicted octanol–water partition coefficient (Wildman–Crippen LogP) is 8.85. The van der Waals surface area contributed by atoms with Crippen molar-refractivity contribution in [3.05, 3.63) is 146 Å². The molecule has 0 spiro atoms. The van der Waals surface area contributed by atoms with Crippen LogP contribution in [0.2, 0.25) is 0 Å². The minimum absolute atomic E-state index is 0.895. The molecule has 0 radical (unpaired) electrons. The molecule has 0 saturated carbocycles. The van der Waals surface area contributed by atoms with Crippen molar-refractivity contribution in [3.63, 3.8) is 0 Å². The van der Waals surface area contributed by atoms with Crippen LogP contribution in [-0.4, -0.2) is 19.1 Å². The monoisotopic (exact) mass is 512 g/mol. The Bertz CT molecular complexity index is 2120. The minimum Gasteiger partial charge on any atom is -0.309 e. The van der Waals surface area contributed by atoms with Gasteiger partial charge < -0.3 is 4.57 Å². The van der Waals surface area contributed by atoms with Gasteiger partial charge in [-0.25, -0.2) is 4.98 Å². The van der Waals surface area contributed by atoms with E-state index < -0.39 is 0 Å². The molecule has 4 heteroatoms. The molecule has 8 rings (SSSR count). The summed E-state index contributed by atoms with van der Waals surface area (Å²) < 4.78 is 4.56. The third-order valence-corrected chi connectivity index (χ3v) is 7.63. The molecule has 0 unspecified atom stereocenters. The Balaban J connectivity index is 1.43. The summed E-state index contributed by atoms with van der Waals surface area (Å²) in [7, 11) is 0. The highest BCUT2D eigenvalue weighted by Crippen LogP contribution is 2.39. The zero-order chi connectivity index (χ0) is 26.5. The number of fused-ring (bicyclic) bond motifs is 5. The fourth-order valence-electron chi connectivity index (χ4n) is 5.83. The van der Waals surface area contributed by atoms with Crippen molar-refractivity contribution in [2.24, 2.45) is 0 Å². The van der Waals surface area contributed by atoms with E-state index in [0.29, 0.717) is 0 Å². The normalized spacial score (nSPS) is 11.5. The number of para-hydroxylation sites is 2. The van der Waals surface area contributed by atoms with E-state index in [1.807, 2.05) is 24.5 Å². The van der Waals surface area contributed by atoms with Crippen molar-refractivity contribution in [3.8, 4) is 33.9 Å². The van der Waals surface area contributed by atoms with E-state index in [0.717, 1.165) is 44.7 Å². The lowest BCUT2D eigenvalue weighted by Crippen LogP contribution is -1.98. The maximum atomic E-state index is 5.37. The summed E-state index contributed by atoms with van der Waals surface area (Å²) in [4.78, 5) is 9.81. The summed E-state index contributed by atoms with van der Waals surface area (Å²) in [6.07, 6.45) is 3.71. The minimum atomic E-state index is 0.895. The first-order chi connectivity index (χ1) is 19.9. The second kappa shape index (κ2) is 9.07. The molecule has 0 fully saturated rings. The van der Waals surface area contributed by atoms with Crippen molar-refractivity contribution in [2.45, 2.75) is 0 Å². The summed E-state index contributed by atoms with van der Waals surface area (Å²) >= 11 is 0. The highest BCUT2D eigenvalue weighted by molar-refractivity contribution is 6.20.